The summed E-state index contributed by atoms with van der Waals surface area (Å²) in [5, 5.41) is 7.07. The summed E-state index contributed by atoms with van der Waals surface area (Å²) in [6, 6.07) is 10.4. The predicted molar refractivity (Wildman–Crippen MR) is 132 cm³/mol. The molecule has 172 valence electrons. The molecule has 1 saturated carbocycles. The lowest BCUT2D eigenvalue weighted by atomic mass is 9.72. The van der Waals surface area contributed by atoms with E-state index in [-0.39, 0.29) is 23.5 Å². The molecule has 34 heavy (non-hydrogen) atoms. The van der Waals surface area contributed by atoms with E-state index >= 15 is 0 Å². The number of hydrogen-bond donors (Lipinski definition) is 3. The van der Waals surface area contributed by atoms with Gasteiger partial charge in [-0.25, -0.2) is 0 Å². The van der Waals surface area contributed by atoms with Crippen LogP contribution in [0.15, 0.2) is 83.7 Å². The van der Waals surface area contributed by atoms with Gasteiger partial charge in [0.2, 0.25) is 0 Å². The van der Waals surface area contributed by atoms with Crippen LogP contribution in [0.3, 0.4) is 0 Å². The Morgan fingerprint density at radius 2 is 1.97 bits per heavy atom. The summed E-state index contributed by atoms with van der Waals surface area (Å²) in [5.74, 6) is 0.375. The van der Waals surface area contributed by atoms with Crippen LogP contribution in [0.2, 0.25) is 0 Å². The van der Waals surface area contributed by atoms with Crippen molar-refractivity contribution in [1.82, 2.24) is 15.1 Å². The number of rotatable bonds is 5. The summed E-state index contributed by atoms with van der Waals surface area (Å²) in [6.45, 7) is 0. The molecule has 7 nitrogen and oxygen atoms in total. The average molecular weight is 453 g/mol. The number of nitrogens with zero attached hydrogens (tertiary/aromatic N) is 3. The fraction of sp³-hybridized carbons (Fsp3) is 0.296. The Kier molecular flexibility index (Phi) is 4.88. The Labute approximate surface area is 198 Å². The van der Waals surface area contributed by atoms with Gasteiger partial charge in [0, 0.05) is 29.4 Å². The van der Waals surface area contributed by atoms with Gasteiger partial charge in [0.1, 0.15) is 5.84 Å². The Balaban J connectivity index is 1.43. The second-order valence-electron chi connectivity index (χ2n) is 9.62. The highest BCUT2D eigenvalue weighted by Crippen LogP contribution is 2.44. The molecule has 1 aromatic carbocycles. The van der Waals surface area contributed by atoms with E-state index in [9.17, 15) is 4.79 Å². The number of aliphatic imine (C=N–C) groups is 1. The van der Waals surface area contributed by atoms with Gasteiger partial charge < -0.3 is 16.4 Å². The Bertz CT molecular complexity index is 1260. The molecule has 6 rings (SSSR count). The van der Waals surface area contributed by atoms with Crippen LogP contribution in [-0.4, -0.2) is 32.9 Å². The minimum absolute atomic E-state index is 0.0126. The maximum Gasteiger partial charge on any atom is 0.252 e. The van der Waals surface area contributed by atoms with Crippen LogP contribution in [0.4, 0.5) is 0 Å². The molecular weight excluding hydrogens is 424 g/mol. The number of carbonyl (C=O) groups excluding carboxylic acids is 1. The lowest BCUT2D eigenvalue weighted by Crippen LogP contribution is -2.43. The standard InChI is InChI=1S/C27H28N6O/c28-25(34)21-15-19(22-11-14-30-32-22)16-33-24(18-5-2-1-3-6-18)23(31-26(21)33)17-7-9-20(10-8-17)27(29)12-4-13-27/h1-3,5,7-11,14-16,18,23-24H,4,6,12-13,29H2,(H2,28,34)(H,30,32). The van der Waals surface area contributed by atoms with Crippen molar-refractivity contribution >= 4 is 17.3 Å². The number of hydrogen-bond acceptors (Lipinski definition) is 5. The summed E-state index contributed by atoms with van der Waals surface area (Å²) in [4.78, 5) is 19.7. The smallest absolute Gasteiger partial charge is 0.252 e. The minimum Gasteiger partial charge on any atom is -0.365 e. The number of nitrogens with two attached hydrogens (primary N) is 2. The molecule has 2 aromatic rings. The van der Waals surface area contributed by atoms with Crippen LogP contribution in [0.1, 0.15) is 48.5 Å². The first-order chi connectivity index (χ1) is 16.5. The number of aromatic nitrogens is 2. The zero-order chi connectivity index (χ0) is 23.3. The molecule has 1 aromatic heterocycles. The van der Waals surface area contributed by atoms with Crippen LogP contribution in [0.5, 0.6) is 0 Å². The van der Waals surface area contributed by atoms with Crippen molar-refractivity contribution in [3.05, 3.63) is 95.5 Å². The van der Waals surface area contributed by atoms with Crippen molar-refractivity contribution in [3.8, 4) is 0 Å². The number of H-pyrrole nitrogens is 1. The fourth-order valence-corrected chi connectivity index (χ4v) is 5.50. The van der Waals surface area contributed by atoms with Gasteiger partial charge in [0.25, 0.3) is 5.91 Å². The van der Waals surface area contributed by atoms with E-state index < -0.39 is 5.91 Å². The van der Waals surface area contributed by atoms with Gasteiger partial charge in [-0.2, -0.15) is 5.10 Å². The number of amides is 1. The number of benzene rings is 1. The van der Waals surface area contributed by atoms with Crippen LogP contribution in [0, 0.1) is 5.92 Å². The molecule has 7 heteroatoms. The molecular formula is C27H28N6O. The first-order valence-corrected chi connectivity index (χ1v) is 11.9. The highest BCUT2D eigenvalue weighted by molar-refractivity contribution is 6.23. The Hall–Kier alpha value is -3.71. The van der Waals surface area contributed by atoms with E-state index in [1.54, 1.807) is 12.3 Å². The van der Waals surface area contributed by atoms with Gasteiger partial charge in [-0.3, -0.25) is 14.9 Å². The second-order valence-corrected chi connectivity index (χ2v) is 9.62. The molecule has 2 aliphatic carbocycles. The van der Waals surface area contributed by atoms with Crippen molar-refractivity contribution in [3.63, 3.8) is 0 Å². The molecule has 3 atom stereocenters. The minimum atomic E-state index is -0.488. The molecule has 2 aliphatic heterocycles. The normalized spacial score (nSPS) is 26.9. The summed E-state index contributed by atoms with van der Waals surface area (Å²) >= 11 is 0. The van der Waals surface area contributed by atoms with Gasteiger partial charge >= 0.3 is 0 Å². The molecule has 4 aliphatic rings. The van der Waals surface area contributed by atoms with E-state index in [4.69, 9.17) is 16.5 Å². The third-order valence-corrected chi connectivity index (χ3v) is 7.57. The number of aromatic amines is 1. The van der Waals surface area contributed by atoms with Gasteiger partial charge in [-0.15, -0.1) is 0 Å². The van der Waals surface area contributed by atoms with E-state index in [0.29, 0.717) is 11.4 Å². The summed E-state index contributed by atoms with van der Waals surface area (Å²) in [7, 11) is 0. The highest BCUT2D eigenvalue weighted by atomic mass is 16.1. The molecule has 5 N–H and O–H groups in total. The van der Waals surface area contributed by atoms with Crippen molar-refractivity contribution < 1.29 is 4.79 Å². The number of allylic oxidation sites excluding steroid dienone is 5. The summed E-state index contributed by atoms with van der Waals surface area (Å²) < 4.78 is 0. The Morgan fingerprint density at radius 3 is 2.59 bits per heavy atom. The third-order valence-electron chi connectivity index (χ3n) is 7.57. The summed E-state index contributed by atoms with van der Waals surface area (Å²) in [6.07, 6.45) is 18.3. The van der Waals surface area contributed by atoms with Gasteiger partial charge in [0.15, 0.2) is 0 Å². The van der Waals surface area contributed by atoms with E-state index in [0.717, 1.165) is 36.1 Å². The van der Waals surface area contributed by atoms with Crippen LogP contribution in [0.25, 0.3) is 5.57 Å². The first-order valence-electron chi connectivity index (χ1n) is 11.9. The van der Waals surface area contributed by atoms with E-state index in [2.05, 4.69) is 69.9 Å². The largest absolute Gasteiger partial charge is 0.365 e. The number of carbonyl (C=O) groups is 1. The lowest BCUT2D eigenvalue weighted by molar-refractivity contribution is -0.114. The number of nitrogens with one attached hydrogen (secondary N) is 1. The van der Waals surface area contributed by atoms with Gasteiger partial charge in [-0.05, 0) is 49.0 Å². The monoisotopic (exact) mass is 452 g/mol. The third kappa shape index (κ3) is 3.35. The van der Waals surface area contributed by atoms with Crippen molar-refractivity contribution in [2.45, 2.75) is 43.3 Å². The molecule has 3 unspecified atom stereocenters. The Morgan fingerprint density at radius 1 is 1.15 bits per heavy atom. The molecule has 1 amide bonds. The fourth-order valence-electron chi connectivity index (χ4n) is 5.50. The van der Waals surface area contributed by atoms with Crippen molar-refractivity contribution in [2.24, 2.45) is 22.4 Å². The maximum atomic E-state index is 12.5. The maximum absolute atomic E-state index is 12.5. The van der Waals surface area contributed by atoms with E-state index in [1.807, 2.05) is 6.07 Å². The quantitative estimate of drug-likeness (QED) is 0.645. The van der Waals surface area contributed by atoms with Gasteiger partial charge in [0.05, 0.1) is 23.4 Å². The van der Waals surface area contributed by atoms with Crippen molar-refractivity contribution in [1.29, 1.82) is 0 Å². The molecule has 0 bridgehead atoms. The number of primary amides is 1. The molecule has 0 radical (unpaired) electrons. The van der Waals surface area contributed by atoms with Crippen LogP contribution < -0.4 is 11.5 Å². The van der Waals surface area contributed by atoms with Crippen molar-refractivity contribution in [2.75, 3.05) is 0 Å². The SMILES string of the molecule is NC(=O)C1=CC(c2ccn[nH]2)=CN2C1=NC(c1ccc(C3(N)CCC3)cc1)C2C1C=CC=CC1. The van der Waals surface area contributed by atoms with Crippen LogP contribution in [-0.2, 0) is 10.3 Å². The zero-order valence-electron chi connectivity index (χ0n) is 18.9. The molecule has 3 heterocycles. The zero-order valence-corrected chi connectivity index (χ0v) is 18.9. The van der Waals surface area contributed by atoms with Crippen LogP contribution >= 0.6 is 0 Å². The second kappa shape index (κ2) is 7.95. The predicted octanol–water partition coefficient (Wildman–Crippen LogP) is 3.47. The molecule has 0 spiro atoms. The molecule has 0 saturated heterocycles. The number of fused-ring (bicyclic) bond motifs is 1. The average Bonchev–Trinajstić information content (AvgIpc) is 3.51. The lowest BCUT2D eigenvalue weighted by Gasteiger charge is -2.39. The first kappa shape index (κ1) is 20.9. The van der Waals surface area contributed by atoms with Gasteiger partial charge in [-0.1, -0.05) is 48.6 Å². The summed E-state index contributed by atoms with van der Waals surface area (Å²) in [5.41, 5.74) is 16.6. The highest BCUT2D eigenvalue weighted by Gasteiger charge is 2.44. The van der Waals surface area contributed by atoms with E-state index in [1.165, 1.54) is 12.0 Å². The number of amidine groups is 1. The topological polar surface area (TPSA) is 113 Å². The molecule has 1 fully saturated rings.